The fourth-order valence-corrected chi connectivity index (χ4v) is 3.77. The third-order valence-electron chi connectivity index (χ3n) is 4.96. The lowest BCUT2D eigenvalue weighted by molar-refractivity contribution is 0.0905. The van der Waals surface area contributed by atoms with Crippen LogP contribution in [0.3, 0.4) is 0 Å². The molecule has 0 amide bonds. The van der Waals surface area contributed by atoms with Crippen molar-refractivity contribution in [3.8, 4) is 17.2 Å². The maximum absolute atomic E-state index is 5.85. The van der Waals surface area contributed by atoms with Crippen LogP contribution < -0.4 is 19.5 Å². The van der Waals surface area contributed by atoms with E-state index in [0.717, 1.165) is 54.5 Å². The lowest BCUT2D eigenvalue weighted by Crippen LogP contribution is -2.39. The lowest BCUT2D eigenvalue weighted by atomic mass is 10.1. The van der Waals surface area contributed by atoms with Gasteiger partial charge in [0, 0.05) is 25.4 Å². The van der Waals surface area contributed by atoms with Gasteiger partial charge in [0.15, 0.2) is 16.6 Å². The van der Waals surface area contributed by atoms with Crippen LogP contribution in [-0.4, -0.2) is 42.7 Å². The van der Waals surface area contributed by atoms with Crippen LogP contribution in [0, 0.1) is 0 Å². The summed E-state index contributed by atoms with van der Waals surface area (Å²) in [5, 5.41) is 4.02. The summed E-state index contributed by atoms with van der Waals surface area (Å²) in [5.41, 5.74) is 2.05. The minimum absolute atomic E-state index is 0.198. The molecule has 0 saturated carbocycles. The van der Waals surface area contributed by atoms with Crippen molar-refractivity contribution >= 4 is 23.0 Å². The number of rotatable bonds is 7. The van der Waals surface area contributed by atoms with E-state index in [1.165, 1.54) is 0 Å². The minimum Gasteiger partial charge on any atom is -0.494 e. The van der Waals surface area contributed by atoms with Crippen LogP contribution in [0.2, 0.25) is 0 Å². The topological polar surface area (TPSA) is 52.2 Å². The smallest absolute Gasteiger partial charge is 0.231 e. The van der Waals surface area contributed by atoms with Gasteiger partial charge in [0.05, 0.1) is 12.7 Å². The van der Waals surface area contributed by atoms with Gasteiger partial charge in [-0.15, -0.1) is 0 Å². The molecule has 2 aromatic rings. The first-order valence-electron chi connectivity index (χ1n) is 10.00. The molecule has 0 bridgehead atoms. The standard InChI is InChI=1S/C22H26N2O4S/c1-2-25-18-8-6-17(7-9-18)23-22(29)24(14-19-4-3-11-26-19)13-16-5-10-20-21(12-16)28-15-27-20/h5-10,12,19H,2-4,11,13-15H2,1H3,(H,23,29). The molecule has 0 spiro atoms. The molecule has 2 aliphatic rings. The Morgan fingerprint density at radius 3 is 2.76 bits per heavy atom. The molecule has 1 N–H and O–H groups in total. The van der Waals surface area contributed by atoms with E-state index in [1.807, 2.05) is 43.3 Å². The quantitative estimate of drug-likeness (QED) is 0.682. The van der Waals surface area contributed by atoms with Gasteiger partial charge >= 0.3 is 0 Å². The molecule has 0 aliphatic carbocycles. The van der Waals surface area contributed by atoms with Crippen LogP contribution in [0.1, 0.15) is 25.3 Å². The highest BCUT2D eigenvalue weighted by Gasteiger charge is 2.22. The van der Waals surface area contributed by atoms with Crippen LogP contribution in [0.15, 0.2) is 42.5 Å². The van der Waals surface area contributed by atoms with Gasteiger partial charge in [-0.25, -0.2) is 0 Å². The summed E-state index contributed by atoms with van der Waals surface area (Å²) in [7, 11) is 0. The summed E-state index contributed by atoms with van der Waals surface area (Å²) in [6.07, 6.45) is 2.36. The van der Waals surface area contributed by atoms with Gasteiger partial charge in [0.2, 0.25) is 6.79 Å². The van der Waals surface area contributed by atoms with E-state index >= 15 is 0 Å². The van der Waals surface area contributed by atoms with E-state index in [9.17, 15) is 0 Å². The third kappa shape index (κ3) is 5.10. The molecular weight excluding hydrogens is 388 g/mol. The number of fused-ring (bicyclic) bond motifs is 1. The highest BCUT2D eigenvalue weighted by atomic mass is 32.1. The zero-order valence-corrected chi connectivity index (χ0v) is 17.4. The van der Waals surface area contributed by atoms with Crippen LogP contribution in [0.5, 0.6) is 17.2 Å². The molecule has 0 aromatic heterocycles. The Morgan fingerprint density at radius 1 is 1.17 bits per heavy atom. The molecule has 4 rings (SSSR count). The van der Waals surface area contributed by atoms with Crippen molar-refractivity contribution in [2.75, 3.05) is 31.9 Å². The summed E-state index contributed by atoms with van der Waals surface area (Å²) >= 11 is 5.75. The van der Waals surface area contributed by atoms with Crippen LogP contribution in [0.4, 0.5) is 5.69 Å². The maximum atomic E-state index is 5.85. The molecule has 2 aromatic carbocycles. The zero-order chi connectivity index (χ0) is 20.1. The summed E-state index contributed by atoms with van der Waals surface area (Å²) in [5.74, 6) is 2.42. The largest absolute Gasteiger partial charge is 0.494 e. The Labute approximate surface area is 176 Å². The van der Waals surface area contributed by atoms with E-state index in [-0.39, 0.29) is 12.9 Å². The normalized spacial score (nSPS) is 17.2. The Balaban J connectivity index is 1.45. The van der Waals surface area contributed by atoms with Crippen molar-refractivity contribution < 1.29 is 18.9 Å². The number of hydrogen-bond acceptors (Lipinski definition) is 5. The van der Waals surface area contributed by atoms with Gasteiger partial charge in [-0.3, -0.25) is 0 Å². The maximum Gasteiger partial charge on any atom is 0.231 e. The van der Waals surface area contributed by atoms with Crippen molar-refractivity contribution in [3.63, 3.8) is 0 Å². The number of benzene rings is 2. The predicted molar refractivity (Wildman–Crippen MR) is 116 cm³/mol. The van der Waals surface area contributed by atoms with Crippen LogP contribution in [-0.2, 0) is 11.3 Å². The second-order valence-corrected chi connectivity index (χ2v) is 7.48. The predicted octanol–water partition coefficient (Wildman–Crippen LogP) is 4.19. The van der Waals surface area contributed by atoms with Crippen molar-refractivity contribution in [1.82, 2.24) is 4.90 Å². The number of thiocarbonyl (C=S) groups is 1. The monoisotopic (exact) mass is 414 g/mol. The highest BCUT2D eigenvalue weighted by Crippen LogP contribution is 2.33. The van der Waals surface area contributed by atoms with E-state index in [4.69, 9.17) is 31.2 Å². The molecule has 2 aliphatic heterocycles. The Kier molecular flexibility index (Phi) is 6.36. The van der Waals surface area contributed by atoms with Crippen molar-refractivity contribution in [2.45, 2.75) is 32.4 Å². The molecule has 1 atom stereocenters. The summed E-state index contributed by atoms with van der Waals surface area (Å²) in [6.45, 7) is 5.13. The Morgan fingerprint density at radius 2 is 2.00 bits per heavy atom. The van der Waals surface area contributed by atoms with Crippen LogP contribution in [0.25, 0.3) is 0 Å². The van der Waals surface area contributed by atoms with Crippen molar-refractivity contribution in [3.05, 3.63) is 48.0 Å². The minimum atomic E-state index is 0.198. The fraction of sp³-hybridized carbons (Fsp3) is 0.409. The Hall–Kier alpha value is -2.51. The van der Waals surface area contributed by atoms with Gasteiger partial charge in [-0.2, -0.15) is 0 Å². The summed E-state index contributed by atoms with van der Waals surface area (Å²) < 4.78 is 22.3. The highest BCUT2D eigenvalue weighted by molar-refractivity contribution is 7.80. The van der Waals surface area contributed by atoms with Crippen molar-refractivity contribution in [1.29, 1.82) is 0 Å². The van der Waals surface area contributed by atoms with Gasteiger partial charge in [-0.1, -0.05) is 6.07 Å². The molecular formula is C22H26N2O4S. The number of nitrogens with zero attached hydrogens (tertiary/aromatic N) is 1. The third-order valence-corrected chi connectivity index (χ3v) is 5.32. The summed E-state index contributed by atoms with van der Waals surface area (Å²) in [6, 6.07) is 13.8. The molecule has 29 heavy (non-hydrogen) atoms. The zero-order valence-electron chi connectivity index (χ0n) is 16.6. The van der Waals surface area contributed by atoms with Gasteiger partial charge < -0.3 is 29.2 Å². The van der Waals surface area contributed by atoms with Gasteiger partial charge in [-0.05, 0) is 73.9 Å². The number of ether oxygens (including phenoxy) is 4. The van der Waals surface area contributed by atoms with E-state index in [2.05, 4.69) is 16.3 Å². The molecule has 6 nitrogen and oxygen atoms in total. The molecule has 0 radical (unpaired) electrons. The molecule has 2 heterocycles. The number of anilines is 1. The molecule has 1 unspecified atom stereocenters. The molecule has 1 fully saturated rings. The average Bonchev–Trinajstić information content (AvgIpc) is 3.40. The van der Waals surface area contributed by atoms with E-state index < -0.39 is 0 Å². The molecule has 154 valence electrons. The van der Waals surface area contributed by atoms with Crippen molar-refractivity contribution in [2.24, 2.45) is 0 Å². The fourth-order valence-electron chi connectivity index (χ4n) is 3.52. The van der Waals surface area contributed by atoms with Gasteiger partial charge in [0.25, 0.3) is 0 Å². The molecule has 1 saturated heterocycles. The average molecular weight is 415 g/mol. The van der Waals surface area contributed by atoms with E-state index in [0.29, 0.717) is 18.3 Å². The second kappa shape index (κ2) is 9.33. The Bertz CT molecular complexity index is 837. The SMILES string of the molecule is CCOc1ccc(NC(=S)N(Cc2ccc3c(c2)OCO3)CC2CCCO2)cc1. The number of nitrogens with one attached hydrogen (secondary N) is 1. The molecule has 7 heteroatoms. The lowest BCUT2D eigenvalue weighted by Gasteiger charge is -2.28. The first-order valence-corrected chi connectivity index (χ1v) is 10.4. The van der Waals surface area contributed by atoms with E-state index in [1.54, 1.807) is 0 Å². The number of hydrogen-bond donors (Lipinski definition) is 1. The first kappa shape index (κ1) is 19.8. The van der Waals surface area contributed by atoms with Gasteiger partial charge in [0.1, 0.15) is 5.75 Å². The second-order valence-electron chi connectivity index (χ2n) is 7.09. The first-order chi connectivity index (χ1) is 14.2. The summed E-state index contributed by atoms with van der Waals surface area (Å²) in [4.78, 5) is 2.15. The van der Waals surface area contributed by atoms with Crippen LogP contribution >= 0.6 is 12.2 Å².